The fourth-order valence-electron chi connectivity index (χ4n) is 9.48. The minimum atomic E-state index is -4.44. The Bertz CT molecular complexity index is 1440. The fourth-order valence-corrected chi connectivity index (χ4v) is 10.2. The molecule has 0 bridgehead atoms. The minimum Gasteiger partial charge on any atom is -0.456 e. The molecule has 2 N–H and O–H groups in total. The highest BCUT2D eigenvalue weighted by Crippen LogP contribution is 2.43. The third-order valence-electron chi connectivity index (χ3n) is 14.5. The molecule has 0 aromatic rings. The van der Waals surface area contributed by atoms with Gasteiger partial charge in [0.2, 0.25) is 5.91 Å². The van der Waals surface area contributed by atoms with Crippen LogP contribution < -0.4 is 5.32 Å². The summed E-state index contributed by atoms with van der Waals surface area (Å²) in [6.07, 6.45) is 69.8. The van der Waals surface area contributed by atoms with Crippen molar-refractivity contribution in [3.63, 3.8) is 0 Å². The monoisotopic (exact) mass is 1090 g/mol. The molecule has 0 aliphatic rings. The molecule has 3 unspecified atom stereocenters. The molecule has 0 aromatic carbocycles. The molecule has 0 aliphatic carbocycles. The molecule has 10 heteroatoms. The van der Waals surface area contributed by atoms with Gasteiger partial charge < -0.3 is 19.4 Å². The Hall–Kier alpha value is -2.03. The third kappa shape index (κ3) is 56.7. The van der Waals surface area contributed by atoms with Crippen LogP contribution >= 0.6 is 7.82 Å². The molecule has 0 aromatic heterocycles. The first kappa shape index (κ1) is 74.0. The quantitative estimate of drug-likeness (QED) is 0.0205. The Morgan fingerprint density at radius 2 is 0.803 bits per heavy atom. The van der Waals surface area contributed by atoms with Gasteiger partial charge in [-0.25, -0.2) is 4.57 Å². The smallest absolute Gasteiger partial charge is 0.456 e. The van der Waals surface area contributed by atoms with Crippen LogP contribution in [0, 0.1) is 0 Å². The number of ether oxygens (including phenoxy) is 1. The van der Waals surface area contributed by atoms with Gasteiger partial charge in [0.05, 0.1) is 33.8 Å². The number of rotatable bonds is 59. The van der Waals surface area contributed by atoms with Crippen LogP contribution in [0.25, 0.3) is 0 Å². The van der Waals surface area contributed by atoms with E-state index in [4.69, 9.17) is 13.8 Å². The van der Waals surface area contributed by atoms with Gasteiger partial charge in [0.1, 0.15) is 19.3 Å². The highest BCUT2D eigenvalue weighted by atomic mass is 31.2. The van der Waals surface area contributed by atoms with Crippen LogP contribution in [0.15, 0.2) is 48.6 Å². The van der Waals surface area contributed by atoms with Crippen LogP contribution in [0.2, 0.25) is 0 Å². The standard InChI is InChI=1S/C66H125N2O7P/c1-7-10-13-16-19-22-25-27-28-29-30-31-32-33-34-35-36-37-38-39-40-41-44-47-50-53-56-59-66(70)75-64(57-54-51-48-45-43-26-23-20-17-14-11-8-2)63(62-74-76(71,72)73-61-60-68(4,5)6)67-65(69)58-55-52-49-46-42-24-21-18-15-12-9-3/h19,22,27-28,30-31,54,57,63-64H,7-18,20-21,23-26,29,32-53,55-56,58-62H2,1-6H3,(H-,67,69,71,72)/p+1/b22-19-,28-27-,31-30-,57-54-. The number of likely N-dealkylation sites (N-methyl/N-ethyl adjacent to an activating group) is 1. The number of nitrogens with one attached hydrogen (secondary N) is 1. The number of hydrogen-bond acceptors (Lipinski definition) is 6. The van der Waals surface area contributed by atoms with Gasteiger partial charge in [-0.2, -0.15) is 0 Å². The van der Waals surface area contributed by atoms with Crippen LogP contribution in [0.4, 0.5) is 0 Å². The lowest BCUT2D eigenvalue weighted by Gasteiger charge is -2.27. The Kier molecular flexibility index (Phi) is 54.7. The molecule has 0 heterocycles. The van der Waals surface area contributed by atoms with Crippen molar-refractivity contribution in [2.75, 3.05) is 40.9 Å². The van der Waals surface area contributed by atoms with E-state index < -0.39 is 20.0 Å². The van der Waals surface area contributed by atoms with Gasteiger partial charge in [-0.3, -0.25) is 18.6 Å². The Labute approximate surface area is 471 Å². The van der Waals surface area contributed by atoms with E-state index >= 15 is 0 Å². The molecule has 9 nitrogen and oxygen atoms in total. The van der Waals surface area contributed by atoms with Gasteiger partial charge in [-0.05, 0) is 70.3 Å². The fraction of sp³-hybridized carbons (Fsp3) is 0.848. The van der Waals surface area contributed by atoms with Gasteiger partial charge in [-0.15, -0.1) is 0 Å². The van der Waals surface area contributed by atoms with Crippen molar-refractivity contribution in [1.29, 1.82) is 0 Å². The number of quaternary nitrogens is 1. The maximum atomic E-state index is 13.5. The van der Waals surface area contributed by atoms with Crippen molar-refractivity contribution >= 4 is 19.7 Å². The summed E-state index contributed by atoms with van der Waals surface area (Å²) in [7, 11) is 1.51. The highest BCUT2D eigenvalue weighted by Gasteiger charge is 2.30. The molecule has 1 amide bonds. The summed E-state index contributed by atoms with van der Waals surface area (Å²) in [6.45, 7) is 7.00. The molecular weight excluding hydrogens is 964 g/mol. The van der Waals surface area contributed by atoms with Gasteiger partial charge in [-0.1, -0.05) is 275 Å². The Balaban J connectivity index is 4.98. The van der Waals surface area contributed by atoms with Gasteiger partial charge in [0.25, 0.3) is 0 Å². The normalized spacial score (nSPS) is 13.9. The van der Waals surface area contributed by atoms with Crippen molar-refractivity contribution in [3.8, 4) is 0 Å². The van der Waals surface area contributed by atoms with E-state index in [1.54, 1.807) is 0 Å². The van der Waals surface area contributed by atoms with E-state index in [1.807, 2.05) is 33.3 Å². The van der Waals surface area contributed by atoms with Crippen molar-refractivity contribution in [3.05, 3.63) is 48.6 Å². The van der Waals surface area contributed by atoms with Crippen molar-refractivity contribution in [2.45, 2.75) is 322 Å². The number of unbranched alkanes of at least 4 members (excludes halogenated alkanes) is 37. The Morgan fingerprint density at radius 1 is 0.461 bits per heavy atom. The molecule has 0 saturated heterocycles. The predicted octanol–water partition coefficient (Wildman–Crippen LogP) is 20.1. The zero-order valence-electron chi connectivity index (χ0n) is 51.0. The summed E-state index contributed by atoms with van der Waals surface area (Å²) < 4.78 is 30.7. The maximum absolute atomic E-state index is 13.5. The van der Waals surface area contributed by atoms with Crippen LogP contribution in [-0.4, -0.2) is 74.3 Å². The maximum Gasteiger partial charge on any atom is 0.472 e. The minimum absolute atomic E-state index is 0.0421. The summed E-state index contributed by atoms with van der Waals surface area (Å²) >= 11 is 0. The van der Waals surface area contributed by atoms with E-state index in [-0.39, 0.29) is 25.1 Å². The average Bonchev–Trinajstić information content (AvgIpc) is 3.38. The number of esters is 1. The first-order valence-electron chi connectivity index (χ1n) is 32.5. The second kappa shape index (κ2) is 56.3. The van der Waals surface area contributed by atoms with Crippen LogP contribution in [0.5, 0.6) is 0 Å². The van der Waals surface area contributed by atoms with Crippen molar-refractivity contribution in [2.24, 2.45) is 0 Å². The lowest BCUT2D eigenvalue weighted by atomic mass is 10.0. The number of phosphoric acid groups is 1. The van der Waals surface area contributed by atoms with E-state index in [9.17, 15) is 19.0 Å². The number of carbonyl (C=O) groups excluding carboxylic acids is 2. The van der Waals surface area contributed by atoms with Gasteiger partial charge >= 0.3 is 13.8 Å². The summed E-state index contributed by atoms with van der Waals surface area (Å²) in [5, 5.41) is 3.05. The first-order chi connectivity index (χ1) is 36.9. The highest BCUT2D eigenvalue weighted by molar-refractivity contribution is 7.47. The van der Waals surface area contributed by atoms with E-state index in [2.05, 4.69) is 62.5 Å². The summed E-state index contributed by atoms with van der Waals surface area (Å²) in [5.41, 5.74) is 0. The van der Waals surface area contributed by atoms with Crippen molar-refractivity contribution < 1.29 is 37.3 Å². The number of amides is 1. The second-order valence-electron chi connectivity index (χ2n) is 23.3. The molecular formula is C66H126N2O7P+. The SMILES string of the molecule is CCCCC/C=C\C/C=C\C/C=C\CCCCCCCCCCCCCCCCC(=O)OC(/C=C\CCCCCCCCCCCC)C(COP(=O)(O)OCC[N+](C)(C)C)NC(=O)CCCCCCCCCCCCC. The molecule has 0 spiro atoms. The summed E-state index contributed by atoms with van der Waals surface area (Å²) in [5.74, 6) is -0.495. The molecule has 0 radical (unpaired) electrons. The zero-order chi connectivity index (χ0) is 55.7. The van der Waals surface area contributed by atoms with Crippen LogP contribution in [0.3, 0.4) is 0 Å². The molecule has 0 fully saturated rings. The first-order valence-corrected chi connectivity index (χ1v) is 34.0. The van der Waals surface area contributed by atoms with Crippen LogP contribution in [0.1, 0.15) is 310 Å². The van der Waals surface area contributed by atoms with Crippen molar-refractivity contribution in [1.82, 2.24) is 5.32 Å². The average molecular weight is 1090 g/mol. The molecule has 0 rings (SSSR count). The lowest BCUT2D eigenvalue weighted by Crippen LogP contribution is -2.47. The number of nitrogens with zero attached hydrogens (tertiary/aromatic N) is 1. The number of allylic oxidation sites excluding steroid dienone is 7. The summed E-state index contributed by atoms with van der Waals surface area (Å²) in [6, 6.07) is -0.844. The Morgan fingerprint density at radius 3 is 1.22 bits per heavy atom. The van der Waals surface area contributed by atoms with Gasteiger partial charge in [0.15, 0.2) is 0 Å². The zero-order valence-corrected chi connectivity index (χ0v) is 51.9. The number of hydrogen-bond donors (Lipinski definition) is 2. The molecule has 3 atom stereocenters. The van der Waals surface area contributed by atoms with E-state index in [0.29, 0.717) is 23.9 Å². The molecule has 0 aliphatic heterocycles. The van der Waals surface area contributed by atoms with Gasteiger partial charge in [0, 0.05) is 12.8 Å². The van der Waals surface area contributed by atoms with E-state index in [1.165, 1.54) is 205 Å². The summed E-state index contributed by atoms with van der Waals surface area (Å²) in [4.78, 5) is 37.7. The van der Waals surface area contributed by atoms with Crippen LogP contribution in [-0.2, 0) is 27.9 Å². The largest absolute Gasteiger partial charge is 0.472 e. The topological polar surface area (TPSA) is 111 Å². The third-order valence-corrected chi connectivity index (χ3v) is 15.5. The lowest BCUT2D eigenvalue weighted by molar-refractivity contribution is -0.870. The molecule has 0 saturated carbocycles. The molecule has 76 heavy (non-hydrogen) atoms. The predicted molar refractivity (Wildman–Crippen MR) is 328 cm³/mol. The number of phosphoric ester groups is 1. The molecule has 446 valence electrons. The number of carbonyl (C=O) groups is 2. The van der Waals surface area contributed by atoms with E-state index in [0.717, 1.165) is 70.6 Å². The second-order valence-corrected chi connectivity index (χ2v) is 24.7.